The second kappa shape index (κ2) is 5.80. The van der Waals surface area contributed by atoms with E-state index in [0.717, 1.165) is 18.7 Å². The van der Waals surface area contributed by atoms with E-state index in [-0.39, 0.29) is 0 Å². The summed E-state index contributed by atoms with van der Waals surface area (Å²) >= 11 is 0. The molecule has 7 nitrogen and oxygen atoms in total. The van der Waals surface area contributed by atoms with Gasteiger partial charge in [-0.2, -0.15) is 5.10 Å². The summed E-state index contributed by atoms with van der Waals surface area (Å²) < 4.78 is 6.90. The van der Waals surface area contributed by atoms with Gasteiger partial charge in [-0.15, -0.1) is 0 Å². The lowest BCUT2D eigenvalue weighted by molar-refractivity contribution is 0.0634. The first-order chi connectivity index (χ1) is 9.35. The molecule has 1 aromatic rings. The highest BCUT2D eigenvalue weighted by Crippen LogP contribution is 2.16. The van der Waals surface area contributed by atoms with Crippen LogP contribution >= 0.6 is 0 Å². The van der Waals surface area contributed by atoms with Crippen molar-refractivity contribution in [2.24, 2.45) is 7.05 Å². The van der Waals surface area contributed by atoms with Crippen molar-refractivity contribution < 1.29 is 9.53 Å². The highest BCUT2D eigenvalue weighted by molar-refractivity contribution is 5.84. The van der Waals surface area contributed by atoms with Crippen LogP contribution < -0.4 is 16.0 Å². The maximum Gasteiger partial charge on any atom is 0.413 e. The molecule has 1 fully saturated rings. The van der Waals surface area contributed by atoms with Gasteiger partial charge in [-0.25, -0.2) is 4.79 Å². The summed E-state index contributed by atoms with van der Waals surface area (Å²) in [4.78, 5) is 11.8. The maximum atomic E-state index is 11.8. The highest BCUT2D eigenvalue weighted by atomic mass is 16.6. The summed E-state index contributed by atoms with van der Waals surface area (Å²) in [5, 5.41) is 13.5. The highest BCUT2D eigenvalue weighted by Gasteiger charge is 2.20. The molecule has 1 aromatic heterocycles. The molecule has 3 N–H and O–H groups in total. The normalized spacial score (nSPS) is 15.8. The molecule has 0 radical (unpaired) electrons. The predicted octanol–water partition coefficient (Wildman–Crippen LogP) is 0.828. The van der Waals surface area contributed by atoms with E-state index in [1.54, 1.807) is 17.9 Å². The minimum atomic E-state index is -0.515. The summed E-state index contributed by atoms with van der Waals surface area (Å²) in [6.07, 6.45) is 1.29. The molecule has 0 atom stereocenters. The Morgan fingerprint density at radius 3 is 2.80 bits per heavy atom. The van der Waals surface area contributed by atoms with E-state index in [1.807, 2.05) is 20.8 Å². The zero-order valence-corrected chi connectivity index (χ0v) is 12.5. The Labute approximate surface area is 119 Å². The third-order valence-electron chi connectivity index (χ3n) is 3.00. The summed E-state index contributed by atoms with van der Waals surface area (Å²) in [5.41, 5.74) is 0.434. The Morgan fingerprint density at radius 2 is 2.25 bits per heavy atom. The minimum Gasteiger partial charge on any atom is -0.444 e. The molecule has 0 spiro atoms. The van der Waals surface area contributed by atoms with E-state index < -0.39 is 11.7 Å². The van der Waals surface area contributed by atoms with Crippen LogP contribution in [0.4, 0.5) is 10.6 Å². The van der Waals surface area contributed by atoms with Crippen molar-refractivity contribution in [3.8, 4) is 0 Å². The standard InChI is InChI=1S/C13H23N5O2/c1-13(2,3)20-12(19)17-11-9(6-16-18(11)4)5-15-10-7-14-8-10/h6,10,14-15H,5,7-8H2,1-4H3,(H,17,19). The third kappa shape index (κ3) is 3.94. The van der Waals surface area contributed by atoms with Crippen LogP contribution in [0, 0.1) is 0 Å². The van der Waals surface area contributed by atoms with Gasteiger partial charge in [-0.3, -0.25) is 10.00 Å². The zero-order chi connectivity index (χ0) is 14.8. The molecule has 1 saturated heterocycles. The van der Waals surface area contributed by atoms with Crippen molar-refractivity contribution in [3.63, 3.8) is 0 Å². The minimum absolute atomic E-state index is 0.465. The Kier molecular flexibility index (Phi) is 4.29. The molecule has 0 bridgehead atoms. The lowest BCUT2D eigenvalue weighted by Gasteiger charge is -2.28. The topological polar surface area (TPSA) is 80.2 Å². The summed E-state index contributed by atoms with van der Waals surface area (Å²) in [7, 11) is 1.79. The Balaban J connectivity index is 1.95. The van der Waals surface area contributed by atoms with Crippen LogP contribution in [0.2, 0.25) is 0 Å². The van der Waals surface area contributed by atoms with Crippen LogP contribution in [-0.2, 0) is 18.3 Å². The fourth-order valence-corrected chi connectivity index (χ4v) is 1.86. The number of rotatable bonds is 4. The maximum absolute atomic E-state index is 11.8. The van der Waals surface area contributed by atoms with Gasteiger partial charge in [0.2, 0.25) is 0 Å². The van der Waals surface area contributed by atoms with Gasteiger partial charge in [0.05, 0.1) is 6.20 Å². The first kappa shape index (κ1) is 14.8. The number of ether oxygens (including phenoxy) is 1. The van der Waals surface area contributed by atoms with E-state index in [0.29, 0.717) is 18.4 Å². The second-order valence-electron chi connectivity index (χ2n) is 6.00. The molecular formula is C13H23N5O2. The fraction of sp³-hybridized carbons (Fsp3) is 0.692. The monoisotopic (exact) mass is 281 g/mol. The number of nitrogens with zero attached hydrogens (tertiary/aromatic N) is 2. The third-order valence-corrected chi connectivity index (χ3v) is 3.00. The average Bonchev–Trinajstić information content (AvgIpc) is 2.56. The average molecular weight is 281 g/mol. The van der Waals surface area contributed by atoms with Gasteiger partial charge in [0.15, 0.2) is 0 Å². The quantitative estimate of drug-likeness (QED) is 0.761. The summed E-state index contributed by atoms with van der Waals surface area (Å²) in [6, 6.07) is 0.490. The van der Waals surface area contributed by atoms with Gasteiger partial charge >= 0.3 is 6.09 Å². The number of carbonyl (C=O) groups is 1. The van der Waals surface area contributed by atoms with Gasteiger partial charge < -0.3 is 15.4 Å². The van der Waals surface area contributed by atoms with Gasteiger partial charge in [0.1, 0.15) is 11.4 Å². The van der Waals surface area contributed by atoms with Crippen LogP contribution in [-0.4, -0.2) is 40.6 Å². The van der Waals surface area contributed by atoms with Crippen LogP contribution in [0.5, 0.6) is 0 Å². The number of hydrogen-bond acceptors (Lipinski definition) is 5. The Hall–Kier alpha value is -1.60. The number of nitrogens with one attached hydrogen (secondary N) is 3. The number of amides is 1. The molecule has 112 valence electrons. The van der Waals surface area contributed by atoms with Crippen LogP contribution in [0.3, 0.4) is 0 Å². The van der Waals surface area contributed by atoms with Crippen molar-refractivity contribution in [2.45, 2.75) is 39.0 Å². The Morgan fingerprint density at radius 1 is 1.55 bits per heavy atom. The van der Waals surface area contributed by atoms with E-state index in [2.05, 4.69) is 21.0 Å². The number of hydrogen-bond donors (Lipinski definition) is 3. The molecule has 0 aliphatic carbocycles. The molecule has 2 rings (SSSR count). The van der Waals surface area contributed by atoms with Crippen molar-refractivity contribution in [2.75, 3.05) is 18.4 Å². The molecule has 1 aliphatic rings. The van der Waals surface area contributed by atoms with Crippen LogP contribution in [0.25, 0.3) is 0 Å². The van der Waals surface area contributed by atoms with Gasteiger partial charge in [-0.1, -0.05) is 0 Å². The fourth-order valence-electron chi connectivity index (χ4n) is 1.86. The molecule has 0 aromatic carbocycles. The number of aromatic nitrogens is 2. The van der Waals surface area contributed by atoms with Crippen molar-refractivity contribution in [1.29, 1.82) is 0 Å². The summed E-state index contributed by atoms with van der Waals surface area (Å²) in [6.45, 7) is 8.14. The molecule has 1 aliphatic heterocycles. The molecule has 7 heteroatoms. The first-order valence-electron chi connectivity index (χ1n) is 6.80. The smallest absolute Gasteiger partial charge is 0.413 e. The molecule has 0 saturated carbocycles. The van der Waals surface area contributed by atoms with Crippen molar-refractivity contribution in [1.82, 2.24) is 20.4 Å². The Bertz CT molecular complexity index is 474. The lowest BCUT2D eigenvalue weighted by atomic mass is 10.2. The van der Waals surface area contributed by atoms with E-state index in [9.17, 15) is 4.79 Å². The van der Waals surface area contributed by atoms with Gasteiger partial charge in [0, 0.05) is 38.3 Å². The molecular weight excluding hydrogens is 258 g/mol. The summed E-state index contributed by atoms with van der Waals surface area (Å²) in [5.74, 6) is 0.666. The van der Waals surface area contributed by atoms with Gasteiger partial charge in [0.25, 0.3) is 0 Å². The molecule has 20 heavy (non-hydrogen) atoms. The first-order valence-corrected chi connectivity index (χ1v) is 6.80. The van der Waals surface area contributed by atoms with Gasteiger partial charge in [-0.05, 0) is 20.8 Å². The predicted molar refractivity (Wildman–Crippen MR) is 76.6 cm³/mol. The lowest BCUT2D eigenvalue weighted by Crippen LogP contribution is -2.55. The van der Waals surface area contributed by atoms with E-state index in [4.69, 9.17) is 4.74 Å². The van der Waals surface area contributed by atoms with E-state index >= 15 is 0 Å². The molecule has 0 unspecified atom stereocenters. The number of aryl methyl sites for hydroxylation is 1. The van der Waals surface area contributed by atoms with Crippen LogP contribution in [0.15, 0.2) is 6.20 Å². The second-order valence-corrected chi connectivity index (χ2v) is 6.00. The van der Waals surface area contributed by atoms with Crippen molar-refractivity contribution in [3.05, 3.63) is 11.8 Å². The van der Waals surface area contributed by atoms with Crippen molar-refractivity contribution >= 4 is 11.9 Å². The number of anilines is 1. The number of carbonyl (C=O) groups excluding carboxylic acids is 1. The largest absolute Gasteiger partial charge is 0.444 e. The zero-order valence-electron chi connectivity index (χ0n) is 12.5. The van der Waals surface area contributed by atoms with E-state index in [1.165, 1.54) is 0 Å². The molecule has 2 heterocycles. The van der Waals surface area contributed by atoms with Crippen LogP contribution in [0.1, 0.15) is 26.3 Å². The molecule has 1 amide bonds. The SMILES string of the molecule is Cn1ncc(CNC2CNC2)c1NC(=O)OC(C)(C)C.